The quantitative estimate of drug-likeness (QED) is 0.505. The van der Waals surface area contributed by atoms with E-state index in [1.165, 1.54) is 33.7 Å². The summed E-state index contributed by atoms with van der Waals surface area (Å²) in [6.07, 6.45) is -2.62. The Balaban J connectivity index is 1.82. The van der Waals surface area contributed by atoms with Gasteiger partial charge in [0.1, 0.15) is 5.65 Å². The first-order valence-corrected chi connectivity index (χ1v) is 11.2. The van der Waals surface area contributed by atoms with Crippen molar-refractivity contribution in [3.63, 3.8) is 0 Å². The van der Waals surface area contributed by atoms with Gasteiger partial charge in [0, 0.05) is 36.3 Å². The third-order valence-electron chi connectivity index (χ3n) is 6.65. The van der Waals surface area contributed by atoms with Crippen LogP contribution in [0.5, 0.6) is 0 Å². The highest BCUT2D eigenvalue weighted by Crippen LogP contribution is 2.46. The van der Waals surface area contributed by atoms with Gasteiger partial charge in [-0.1, -0.05) is 6.07 Å². The van der Waals surface area contributed by atoms with Gasteiger partial charge in [0.05, 0.1) is 29.1 Å². The largest absolute Gasteiger partial charge is 0.465 e. The zero-order valence-electron chi connectivity index (χ0n) is 19.8. The number of alkyl halides is 3. The Labute approximate surface area is 204 Å². The summed E-state index contributed by atoms with van der Waals surface area (Å²) in [7, 11) is 1.60. The van der Waals surface area contributed by atoms with Crippen molar-refractivity contribution in [1.29, 1.82) is 5.26 Å². The Bertz CT molecular complexity index is 1400. The van der Waals surface area contributed by atoms with E-state index in [0.717, 1.165) is 6.20 Å². The summed E-state index contributed by atoms with van der Waals surface area (Å²) in [5, 5.41) is 20.8. The Morgan fingerprint density at radius 1 is 1.31 bits per heavy atom. The van der Waals surface area contributed by atoms with E-state index in [0.29, 0.717) is 18.4 Å². The smallest absolute Gasteiger partial charge is 0.419 e. The van der Waals surface area contributed by atoms with Crippen LogP contribution in [0.15, 0.2) is 36.7 Å². The number of amides is 2. The third kappa shape index (κ3) is 4.46. The number of pyridine rings is 1. The zero-order chi connectivity index (χ0) is 26.4. The number of hydrogen-bond acceptors (Lipinski definition) is 4. The molecule has 3 aromatic rings. The van der Waals surface area contributed by atoms with Crippen LogP contribution in [0.25, 0.3) is 11.0 Å². The molecule has 0 bridgehead atoms. The minimum absolute atomic E-state index is 0.0401. The number of fused-ring (bicyclic) bond motifs is 1. The lowest BCUT2D eigenvalue weighted by atomic mass is 9.79. The Morgan fingerprint density at radius 2 is 2.03 bits per heavy atom. The molecule has 1 unspecified atom stereocenters. The van der Waals surface area contributed by atoms with E-state index < -0.39 is 35.0 Å². The number of nitrogens with zero attached hydrogens (tertiary/aromatic N) is 4. The molecular weight excluding hydrogens is 475 g/mol. The van der Waals surface area contributed by atoms with Gasteiger partial charge in [0.15, 0.2) is 0 Å². The number of nitrogens with one attached hydrogen (secondary N) is 1. The molecule has 11 heteroatoms. The first-order valence-electron chi connectivity index (χ1n) is 11.2. The van der Waals surface area contributed by atoms with Crippen LogP contribution in [0.1, 0.15) is 59.7 Å². The third-order valence-corrected chi connectivity index (χ3v) is 6.65. The highest BCUT2D eigenvalue weighted by molar-refractivity contribution is 6.06. The molecule has 8 nitrogen and oxygen atoms in total. The molecule has 1 atom stereocenters. The molecule has 2 N–H and O–H groups in total. The van der Waals surface area contributed by atoms with Crippen molar-refractivity contribution in [3.05, 3.63) is 58.9 Å². The number of anilines is 1. The number of piperidine rings is 1. The van der Waals surface area contributed by atoms with Crippen molar-refractivity contribution in [2.24, 2.45) is 7.05 Å². The molecule has 1 aliphatic rings. The van der Waals surface area contributed by atoms with Gasteiger partial charge in [-0.15, -0.1) is 0 Å². The number of carboxylic acid groups (broad SMARTS) is 1. The molecule has 1 saturated heterocycles. The monoisotopic (exact) mass is 499 g/mol. The Morgan fingerprint density at radius 3 is 2.64 bits per heavy atom. The summed E-state index contributed by atoms with van der Waals surface area (Å²) in [5.74, 6) is -1.15. The maximum absolute atomic E-state index is 14.5. The van der Waals surface area contributed by atoms with Gasteiger partial charge < -0.3 is 19.9 Å². The molecule has 36 heavy (non-hydrogen) atoms. The first kappa shape index (κ1) is 25.0. The Kier molecular flexibility index (Phi) is 6.16. The molecule has 1 fully saturated rings. The fraction of sp³-hybridized carbons (Fsp3) is 0.360. The van der Waals surface area contributed by atoms with Gasteiger partial charge >= 0.3 is 12.3 Å². The van der Waals surface area contributed by atoms with Crippen molar-refractivity contribution in [3.8, 4) is 6.07 Å². The van der Waals surface area contributed by atoms with Gasteiger partial charge in [-0.25, -0.2) is 9.78 Å². The summed E-state index contributed by atoms with van der Waals surface area (Å²) < 4.78 is 45.0. The lowest BCUT2D eigenvalue weighted by Gasteiger charge is -2.44. The van der Waals surface area contributed by atoms with Crippen LogP contribution >= 0.6 is 0 Å². The topological polar surface area (TPSA) is 111 Å². The Hall–Kier alpha value is -4.07. The van der Waals surface area contributed by atoms with E-state index in [9.17, 15) is 27.9 Å². The standard InChI is InChI=1S/C25H24F3N5O3/c1-24(2)10-16(7-8-33(24)23(35)36)17-13-32(3)21-19(17)20(25(26,27)28)18(12-30-21)31-22(34)15-6-4-5-14(9-15)11-29/h4-6,9,12-13,16H,7-8,10H2,1-3H3,(H,31,34)(H,35,36). The number of likely N-dealkylation sites (tertiary alicyclic amines) is 1. The maximum Gasteiger partial charge on any atom is 0.419 e. The van der Waals surface area contributed by atoms with Crippen molar-refractivity contribution in [2.45, 2.75) is 44.3 Å². The molecule has 2 aromatic heterocycles. The molecule has 0 radical (unpaired) electrons. The minimum Gasteiger partial charge on any atom is -0.465 e. The molecule has 4 rings (SSSR count). The molecule has 1 aliphatic heterocycles. The van der Waals surface area contributed by atoms with Gasteiger partial charge in [-0.05, 0) is 56.4 Å². The van der Waals surface area contributed by atoms with Gasteiger partial charge in [-0.3, -0.25) is 4.79 Å². The maximum atomic E-state index is 14.5. The SMILES string of the molecule is Cn1cc(C2CCN(C(=O)O)C(C)(C)C2)c2c(C(F)(F)F)c(NC(=O)c3cccc(C#N)c3)cnc21. The molecule has 188 valence electrons. The van der Waals surface area contributed by atoms with Crippen LogP contribution in [0.2, 0.25) is 0 Å². The van der Waals surface area contributed by atoms with Crippen molar-refractivity contribution < 1.29 is 27.9 Å². The molecule has 0 saturated carbocycles. The number of carbonyl (C=O) groups is 2. The van der Waals surface area contributed by atoms with Crippen molar-refractivity contribution >= 4 is 28.7 Å². The number of rotatable bonds is 3. The number of halogens is 3. The van der Waals surface area contributed by atoms with Gasteiger partial charge in [-0.2, -0.15) is 18.4 Å². The number of carbonyl (C=O) groups excluding carboxylic acids is 1. The fourth-order valence-electron chi connectivity index (χ4n) is 5.02. The second kappa shape index (κ2) is 8.86. The number of hydrogen-bond donors (Lipinski definition) is 2. The highest BCUT2D eigenvalue weighted by Gasteiger charge is 2.42. The van der Waals surface area contributed by atoms with Crippen LogP contribution in [0, 0.1) is 11.3 Å². The second-order valence-corrected chi connectivity index (χ2v) is 9.52. The number of aryl methyl sites for hydroxylation is 1. The average Bonchev–Trinajstić information content (AvgIpc) is 3.13. The average molecular weight is 499 g/mol. The normalized spacial score (nSPS) is 17.6. The van der Waals surface area contributed by atoms with Crippen LogP contribution in [0.3, 0.4) is 0 Å². The van der Waals surface area contributed by atoms with Crippen molar-refractivity contribution in [1.82, 2.24) is 14.5 Å². The summed E-state index contributed by atoms with van der Waals surface area (Å²) >= 11 is 0. The minimum atomic E-state index is -4.81. The van der Waals surface area contributed by atoms with Crippen LogP contribution < -0.4 is 5.32 Å². The van der Waals surface area contributed by atoms with E-state index in [-0.39, 0.29) is 34.6 Å². The summed E-state index contributed by atoms with van der Waals surface area (Å²) in [6, 6.07) is 7.55. The number of nitriles is 1. The van der Waals surface area contributed by atoms with E-state index in [4.69, 9.17) is 5.26 Å². The van der Waals surface area contributed by atoms with E-state index in [2.05, 4.69) is 10.3 Å². The summed E-state index contributed by atoms with van der Waals surface area (Å²) in [5.41, 5.74) is -1.51. The first-order chi connectivity index (χ1) is 16.8. The van der Waals surface area contributed by atoms with Crippen LogP contribution in [-0.4, -0.2) is 43.6 Å². The molecule has 3 heterocycles. The van der Waals surface area contributed by atoms with Gasteiger partial charge in [0.2, 0.25) is 0 Å². The van der Waals surface area contributed by atoms with Crippen LogP contribution in [0.4, 0.5) is 23.7 Å². The summed E-state index contributed by atoms with van der Waals surface area (Å²) in [4.78, 5) is 29.9. The predicted molar refractivity (Wildman–Crippen MR) is 126 cm³/mol. The fourth-order valence-corrected chi connectivity index (χ4v) is 5.02. The van der Waals surface area contributed by atoms with Crippen molar-refractivity contribution in [2.75, 3.05) is 11.9 Å². The lowest BCUT2D eigenvalue weighted by molar-refractivity contribution is -0.135. The second-order valence-electron chi connectivity index (χ2n) is 9.52. The molecule has 0 aliphatic carbocycles. The highest BCUT2D eigenvalue weighted by atomic mass is 19.4. The van der Waals surface area contributed by atoms with Gasteiger partial charge in [0.25, 0.3) is 5.91 Å². The molecular formula is C25H24F3N5O3. The van der Waals surface area contributed by atoms with E-state index >= 15 is 0 Å². The summed E-state index contributed by atoms with van der Waals surface area (Å²) in [6.45, 7) is 3.69. The van der Waals surface area contributed by atoms with Crippen LogP contribution in [-0.2, 0) is 13.2 Å². The van der Waals surface area contributed by atoms with E-state index in [1.54, 1.807) is 27.1 Å². The zero-order valence-corrected chi connectivity index (χ0v) is 19.8. The lowest BCUT2D eigenvalue weighted by Crippen LogP contribution is -2.51. The number of aromatic nitrogens is 2. The number of benzene rings is 1. The molecule has 0 spiro atoms. The van der Waals surface area contributed by atoms with E-state index in [1.807, 2.05) is 6.07 Å². The molecule has 2 amide bonds. The molecule has 1 aromatic carbocycles. The predicted octanol–water partition coefficient (Wildman–Crippen LogP) is 5.35.